The van der Waals surface area contributed by atoms with E-state index >= 15 is 0 Å². The number of benzene rings is 1. The van der Waals surface area contributed by atoms with Crippen molar-refractivity contribution in [3.8, 4) is 0 Å². The lowest BCUT2D eigenvalue weighted by Crippen LogP contribution is -2.08. The molecule has 1 heterocycles. The van der Waals surface area contributed by atoms with Crippen molar-refractivity contribution < 1.29 is 0 Å². The number of nitrogens with two attached hydrogens (primary N) is 1. The van der Waals surface area contributed by atoms with E-state index in [9.17, 15) is 0 Å². The lowest BCUT2D eigenvalue weighted by atomic mass is 10.2. The quantitative estimate of drug-likeness (QED) is 0.876. The average Bonchev–Trinajstić information content (AvgIpc) is 2.46. The molecule has 0 radical (unpaired) electrons. The van der Waals surface area contributed by atoms with E-state index < -0.39 is 0 Å². The number of aromatic nitrogens is 1. The summed E-state index contributed by atoms with van der Waals surface area (Å²) < 4.78 is 3.34. The maximum atomic E-state index is 5.57. The number of aryl methyl sites for hydroxylation is 1. The first-order valence-electron chi connectivity index (χ1n) is 4.68. The number of halogens is 1. The van der Waals surface area contributed by atoms with Gasteiger partial charge in [-0.3, -0.25) is 0 Å². The topological polar surface area (TPSA) is 30.9 Å². The van der Waals surface area contributed by atoms with Gasteiger partial charge in [0.2, 0.25) is 0 Å². The van der Waals surface area contributed by atoms with Crippen LogP contribution in [0.2, 0.25) is 0 Å². The summed E-state index contributed by atoms with van der Waals surface area (Å²) in [5, 5.41) is 1.30. The Morgan fingerprint density at radius 1 is 1.43 bits per heavy atom. The molecule has 0 aliphatic rings. The third kappa shape index (κ3) is 1.47. The van der Waals surface area contributed by atoms with Crippen molar-refractivity contribution in [1.82, 2.24) is 4.57 Å². The molecule has 74 valence electrons. The minimum absolute atomic E-state index is 0.671. The first kappa shape index (κ1) is 9.74. The van der Waals surface area contributed by atoms with E-state index in [-0.39, 0.29) is 0 Å². The van der Waals surface area contributed by atoms with Crippen molar-refractivity contribution >= 4 is 26.8 Å². The molecular weight excluding hydrogens is 240 g/mol. The van der Waals surface area contributed by atoms with Crippen LogP contribution in [0.5, 0.6) is 0 Å². The van der Waals surface area contributed by atoms with E-state index in [0.29, 0.717) is 6.54 Å². The monoisotopic (exact) mass is 252 g/mol. The van der Waals surface area contributed by atoms with Crippen LogP contribution in [0, 0.1) is 6.92 Å². The molecule has 0 amide bonds. The van der Waals surface area contributed by atoms with Crippen LogP contribution in [0.1, 0.15) is 5.56 Å². The van der Waals surface area contributed by atoms with Crippen molar-refractivity contribution in [2.75, 3.05) is 6.54 Å². The Morgan fingerprint density at radius 2 is 2.21 bits per heavy atom. The van der Waals surface area contributed by atoms with Gasteiger partial charge in [-0.1, -0.05) is 12.1 Å². The van der Waals surface area contributed by atoms with E-state index in [1.165, 1.54) is 16.5 Å². The van der Waals surface area contributed by atoms with Gasteiger partial charge in [0.1, 0.15) is 0 Å². The Balaban J connectivity index is 2.72. The number of rotatable bonds is 2. The van der Waals surface area contributed by atoms with Crippen molar-refractivity contribution in [3.05, 3.63) is 34.4 Å². The summed E-state index contributed by atoms with van der Waals surface area (Å²) >= 11 is 3.57. The molecule has 2 nitrogen and oxygen atoms in total. The van der Waals surface area contributed by atoms with Crippen molar-refractivity contribution in [1.29, 1.82) is 0 Å². The summed E-state index contributed by atoms with van der Waals surface area (Å²) in [5.41, 5.74) is 8.12. The summed E-state index contributed by atoms with van der Waals surface area (Å²) in [5.74, 6) is 0. The fourth-order valence-electron chi connectivity index (χ4n) is 1.81. The number of fused-ring (bicyclic) bond motifs is 1. The van der Waals surface area contributed by atoms with Gasteiger partial charge in [0.05, 0.1) is 5.52 Å². The van der Waals surface area contributed by atoms with Crippen LogP contribution in [-0.2, 0) is 6.54 Å². The van der Waals surface area contributed by atoms with E-state index in [4.69, 9.17) is 5.73 Å². The minimum atomic E-state index is 0.671. The Kier molecular flexibility index (Phi) is 2.61. The van der Waals surface area contributed by atoms with Crippen LogP contribution in [0.15, 0.2) is 28.9 Å². The Morgan fingerprint density at radius 3 is 2.93 bits per heavy atom. The van der Waals surface area contributed by atoms with Crippen LogP contribution in [-0.4, -0.2) is 11.1 Å². The molecule has 0 bridgehead atoms. The molecule has 2 aromatic rings. The summed E-state index contributed by atoms with van der Waals surface area (Å²) in [4.78, 5) is 0. The predicted octanol–water partition coefficient (Wildman–Crippen LogP) is 2.67. The first-order chi connectivity index (χ1) is 6.74. The average molecular weight is 253 g/mol. The molecule has 3 heteroatoms. The minimum Gasteiger partial charge on any atom is -0.345 e. The second kappa shape index (κ2) is 3.75. The van der Waals surface area contributed by atoms with Gasteiger partial charge in [0.25, 0.3) is 0 Å². The Bertz CT molecular complexity index is 460. The molecule has 0 unspecified atom stereocenters. The normalized spacial score (nSPS) is 11.1. The molecule has 2 N–H and O–H groups in total. The summed E-state index contributed by atoms with van der Waals surface area (Å²) in [7, 11) is 0. The van der Waals surface area contributed by atoms with Gasteiger partial charge in [-0.25, -0.2) is 0 Å². The van der Waals surface area contributed by atoms with Gasteiger partial charge >= 0.3 is 0 Å². The second-order valence-electron chi connectivity index (χ2n) is 3.43. The molecule has 0 fully saturated rings. The van der Waals surface area contributed by atoms with Gasteiger partial charge in [-0.05, 0) is 34.5 Å². The second-order valence-corrected chi connectivity index (χ2v) is 4.28. The first-order valence-corrected chi connectivity index (χ1v) is 5.47. The van der Waals surface area contributed by atoms with Crippen molar-refractivity contribution in [2.45, 2.75) is 13.5 Å². The molecule has 0 aliphatic heterocycles. The van der Waals surface area contributed by atoms with Gasteiger partial charge in [0, 0.05) is 29.1 Å². The third-order valence-corrected chi connectivity index (χ3v) is 3.06. The third-order valence-electron chi connectivity index (χ3n) is 2.42. The van der Waals surface area contributed by atoms with E-state index in [0.717, 1.165) is 11.0 Å². The van der Waals surface area contributed by atoms with Crippen LogP contribution >= 0.6 is 15.9 Å². The number of nitrogens with zero attached hydrogens (tertiary/aromatic N) is 1. The van der Waals surface area contributed by atoms with Crippen LogP contribution in [0.25, 0.3) is 10.9 Å². The summed E-state index contributed by atoms with van der Waals surface area (Å²) in [6, 6.07) is 6.27. The van der Waals surface area contributed by atoms with E-state index in [1.807, 2.05) is 0 Å². The number of hydrogen-bond donors (Lipinski definition) is 1. The largest absolute Gasteiger partial charge is 0.345 e. The molecule has 0 saturated heterocycles. The van der Waals surface area contributed by atoms with Gasteiger partial charge in [-0.15, -0.1) is 0 Å². The van der Waals surface area contributed by atoms with Crippen LogP contribution in [0.3, 0.4) is 0 Å². The van der Waals surface area contributed by atoms with Crippen LogP contribution in [0.4, 0.5) is 0 Å². The lowest BCUT2D eigenvalue weighted by molar-refractivity contribution is 0.733. The Labute approximate surface area is 91.8 Å². The molecule has 0 spiro atoms. The molecule has 1 aromatic heterocycles. The number of hydrogen-bond acceptors (Lipinski definition) is 1. The molecular formula is C11H13BrN2. The van der Waals surface area contributed by atoms with Gasteiger partial charge in [-0.2, -0.15) is 0 Å². The summed E-state index contributed by atoms with van der Waals surface area (Å²) in [6.45, 7) is 3.67. The van der Waals surface area contributed by atoms with E-state index in [2.05, 4.69) is 51.8 Å². The zero-order valence-corrected chi connectivity index (χ0v) is 9.71. The highest BCUT2D eigenvalue weighted by Gasteiger charge is 2.06. The molecule has 14 heavy (non-hydrogen) atoms. The maximum Gasteiger partial charge on any atom is 0.0627 e. The van der Waals surface area contributed by atoms with Crippen molar-refractivity contribution in [2.24, 2.45) is 5.73 Å². The highest BCUT2D eigenvalue weighted by molar-refractivity contribution is 9.10. The van der Waals surface area contributed by atoms with Gasteiger partial charge < -0.3 is 10.3 Å². The highest BCUT2D eigenvalue weighted by atomic mass is 79.9. The SMILES string of the molecule is Cc1cn(CCN)c2c(Br)cccc12. The molecule has 0 aliphatic carbocycles. The standard InChI is InChI=1S/C11H13BrN2/c1-8-7-14(6-5-13)11-9(8)3-2-4-10(11)12/h2-4,7H,5-6,13H2,1H3. The predicted molar refractivity (Wildman–Crippen MR) is 63.4 cm³/mol. The summed E-state index contributed by atoms with van der Waals surface area (Å²) in [6.07, 6.45) is 2.16. The molecule has 0 atom stereocenters. The highest BCUT2D eigenvalue weighted by Crippen LogP contribution is 2.27. The maximum absolute atomic E-state index is 5.57. The van der Waals surface area contributed by atoms with Crippen LogP contribution < -0.4 is 5.73 Å². The van der Waals surface area contributed by atoms with Crippen molar-refractivity contribution in [3.63, 3.8) is 0 Å². The molecule has 2 rings (SSSR count). The zero-order chi connectivity index (χ0) is 10.1. The van der Waals surface area contributed by atoms with E-state index in [1.54, 1.807) is 0 Å². The molecule has 0 saturated carbocycles. The fraction of sp³-hybridized carbons (Fsp3) is 0.273. The molecule has 1 aromatic carbocycles. The van der Waals surface area contributed by atoms with Gasteiger partial charge in [0.15, 0.2) is 0 Å². The number of para-hydroxylation sites is 1. The Hall–Kier alpha value is -0.800. The smallest absolute Gasteiger partial charge is 0.0627 e. The lowest BCUT2D eigenvalue weighted by Gasteiger charge is -2.03. The fourth-order valence-corrected chi connectivity index (χ4v) is 2.40. The zero-order valence-electron chi connectivity index (χ0n) is 8.13.